The van der Waals surface area contributed by atoms with Gasteiger partial charge in [0.25, 0.3) is 0 Å². The van der Waals surface area contributed by atoms with Crippen molar-refractivity contribution in [3.8, 4) is 0 Å². The largest absolute Gasteiger partial charge is 0.378 e. The fourth-order valence-corrected chi connectivity index (χ4v) is 2.96. The van der Waals surface area contributed by atoms with Crippen molar-refractivity contribution in [3.63, 3.8) is 0 Å². The van der Waals surface area contributed by atoms with Gasteiger partial charge in [-0.15, -0.1) is 0 Å². The molecule has 0 atom stereocenters. The van der Waals surface area contributed by atoms with E-state index in [4.69, 9.17) is 16.3 Å². The molecule has 2 aliphatic rings. The molecule has 1 aliphatic carbocycles. The van der Waals surface area contributed by atoms with Crippen molar-refractivity contribution < 1.29 is 9.53 Å². The molecule has 1 saturated carbocycles. The fraction of sp³-hybridized carbons (Fsp3) is 0.500. The van der Waals surface area contributed by atoms with Crippen LogP contribution < -0.4 is 0 Å². The van der Waals surface area contributed by atoms with Crippen molar-refractivity contribution in [1.29, 1.82) is 0 Å². The van der Waals surface area contributed by atoms with E-state index in [1.165, 1.54) is 0 Å². The number of ether oxygens (including phenoxy) is 1. The second-order valence-electron chi connectivity index (χ2n) is 4.97. The zero-order valence-electron chi connectivity index (χ0n) is 10.2. The molecule has 1 heterocycles. The summed E-state index contributed by atoms with van der Waals surface area (Å²) in [6.45, 7) is 2.69. The van der Waals surface area contributed by atoms with Gasteiger partial charge in [-0.3, -0.25) is 4.79 Å². The smallest absolute Gasteiger partial charge is 0.233 e. The minimum atomic E-state index is -0.352. The normalized spacial score (nSPS) is 21.7. The number of benzene rings is 1. The zero-order valence-corrected chi connectivity index (χ0v) is 10.9. The average Bonchev–Trinajstić information content (AvgIpc) is 3.21. The molecule has 1 amide bonds. The van der Waals surface area contributed by atoms with Crippen LogP contribution in [0.15, 0.2) is 24.3 Å². The number of nitrogens with zero attached hydrogens (tertiary/aromatic N) is 1. The number of carbonyl (C=O) groups excluding carboxylic acids is 1. The molecule has 1 aliphatic heterocycles. The molecule has 3 rings (SSSR count). The van der Waals surface area contributed by atoms with Gasteiger partial charge < -0.3 is 9.64 Å². The summed E-state index contributed by atoms with van der Waals surface area (Å²) < 4.78 is 5.29. The number of hydrogen-bond donors (Lipinski definition) is 0. The molecule has 0 spiro atoms. The summed E-state index contributed by atoms with van der Waals surface area (Å²) in [5.74, 6) is 0.221. The molecule has 1 aromatic carbocycles. The molecule has 1 saturated heterocycles. The number of morpholine rings is 1. The molecule has 96 valence electrons. The lowest BCUT2D eigenvalue weighted by molar-refractivity contribution is -0.138. The molecule has 0 bridgehead atoms. The Balaban J connectivity index is 1.86. The van der Waals surface area contributed by atoms with Crippen molar-refractivity contribution >= 4 is 17.5 Å². The van der Waals surface area contributed by atoms with Gasteiger partial charge in [0.1, 0.15) is 0 Å². The van der Waals surface area contributed by atoms with E-state index in [0.29, 0.717) is 31.3 Å². The Labute approximate surface area is 112 Å². The van der Waals surface area contributed by atoms with Crippen molar-refractivity contribution in [2.45, 2.75) is 18.3 Å². The monoisotopic (exact) mass is 265 g/mol. The van der Waals surface area contributed by atoms with Crippen molar-refractivity contribution in [2.75, 3.05) is 26.3 Å². The third-order valence-electron chi connectivity index (χ3n) is 3.85. The lowest BCUT2D eigenvalue weighted by Crippen LogP contribution is -2.45. The quantitative estimate of drug-likeness (QED) is 0.821. The van der Waals surface area contributed by atoms with E-state index in [0.717, 1.165) is 18.4 Å². The standard InChI is InChI=1S/C14H16ClNO2/c15-12-4-2-1-3-11(12)14(5-6-14)13(17)16-7-9-18-10-8-16/h1-4H,5-10H2. The third kappa shape index (κ3) is 1.91. The maximum atomic E-state index is 12.6. The summed E-state index contributed by atoms with van der Waals surface area (Å²) in [7, 11) is 0. The highest BCUT2D eigenvalue weighted by Crippen LogP contribution is 2.51. The highest BCUT2D eigenvalue weighted by atomic mass is 35.5. The molecule has 0 aromatic heterocycles. The molecular weight excluding hydrogens is 250 g/mol. The first-order chi connectivity index (χ1) is 8.74. The number of carbonyl (C=O) groups is 1. The molecule has 4 heteroatoms. The molecule has 18 heavy (non-hydrogen) atoms. The van der Waals surface area contributed by atoms with Gasteiger partial charge in [-0.05, 0) is 24.5 Å². The van der Waals surface area contributed by atoms with Gasteiger partial charge in [-0.25, -0.2) is 0 Å². The zero-order chi connectivity index (χ0) is 12.6. The fourth-order valence-electron chi connectivity index (χ4n) is 2.64. The highest BCUT2D eigenvalue weighted by molar-refractivity contribution is 6.31. The van der Waals surface area contributed by atoms with Crippen LogP contribution in [0.2, 0.25) is 5.02 Å². The molecule has 0 radical (unpaired) electrons. The lowest BCUT2D eigenvalue weighted by atomic mass is 9.94. The first-order valence-corrected chi connectivity index (χ1v) is 6.74. The van der Waals surface area contributed by atoms with Crippen LogP contribution >= 0.6 is 11.6 Å². The molecular formula is C14H16ClNO2. The van der Waals surface area contributed by atoms with Crippen molar-refractivity contribution in [1.82, 2.24) is 4.90 Å². The Morgan fingerprint density at radius 3 is 2.50 bits per heavy atom. The summed E-state index contributed by atoms with van der Waals surface area (Å²) in [6, 6.07) is 7.70. The van der Waals surface area contributed by atoms with Gasteiger partial charge in [0.2, 0.25) is 5.91 Å². The van der Waals surface area contributed by atoms with E-state index >= 15 is 0 Å². The van der Waals surface area contributed by atoms with E-state index in [1.54, 1.807) is 0 Å². The predicted octanol–water partition coefficient (Wildman–Crippen LogP) is 2.23. The van der Waals surface area contributed by atoms with Gasteiger partial charge >= 0.3 is 0 Å². The summed E-state index contributed by atoms with van der Waals surface area (Å²) in [6.07, 6.45) is 1.82. The maximum Gasteiger partial charge on any atom is 0.233 e. The van der Waals surface area contributed by atoms with Crippen LogP contribution in [0, 0.1) is 0 Å². The van der Waals surface area contributed by atoms with E-state index in [1.807, 2.05) is 29.2 Å². The summed E-state index contributed by atoms with van der Waals surface area (Å²) in [4.78, 5) is 14.6. The topological polar surface area (TPSA) is 29.5 Å². The van der Waals surface area contributed by atoms with Crippen LogP contribution in [0.4, 0.5) is 0 Å². The summed E-state index contributed by atoms with van der Waals surface area (Å²) in [5.41, 5.74) is 0.638. The van der Waals surface area contributed by atoms with Crippen LogP contribution in [-0.2, 0) is 14.9 Å². The molecule has 0 unspecified atom stereocenters. The van der Waals surface area contributed by atoms with Crippen molar-refractivity contribution in [3.05, 3.63) is 34.9 Å². The number of halogens is 1. The van der Waals surface area contributed by atoms with Gasteiger partial charge in [0.15, 0.2) is 0 Å². The first-order valence-electron chi connectivity index (χ1n) is 6.36. The first kappa shape index (κ1) is 12.0. The van der Waals surface area contributed by atoms with Crippen LogP contribution in [0.5, 0.6) is 0 Å². The van der Waals surface area contributed by atoms with Gasteiger partial charge in [-0.1, -0.05) is 29.8 Å². The molecule has 3 nitrogen and oxygen atoms in total. The Hall–Kier alpha value is -1.06. The Kier molecular flexibility index (Phi) is 3.04. The van der Waals surface area contributed by atoms with Crippen LogP contribution in [-0.4, -0.2) is 37.1 Å². The van der Waals surface area contributed by atoms with Gasteiger partial charge in [0.05, 0.1) is 18.6 Å². The van der Waals surface area contributed by atoms with Gasteiger partial charge in [-0.2, -0.15) is 0 Å². The Morgan fingerprint density at radius 1 is 1.22 bits per heavy atom. The minimum absolute atomic E-state index is 0.221. The van der Waals surface area contributed by atoms with Crippen molar-refractivity contribution in [2.24, 2.45) is 0 Å². The second kappa shape index (κ2) is 4.56. The van der Waals surface area contributed by atoms with E-state index in [2.05, 4.69) is 0 Å². The molecule has 0 N–H and O–H groups in total. The average molecular weight is 266 g/mol. The second-order valence-corrected chi connectivity index (χ2v) is 5.37. The highest BCUT2D eigenvalue weighted by Gasteiger charge is 2.53. The number of amides is 1. The molecule has 2 fully saturated rings. The van der Waals surface area contributed by atoms with E-state index in [-0.39, 0.29) is 11.3 Å². The Morgan fingerprint density at radius 2 is 1.89 bits per heavy atom. The number of hydrogen-bond acceptors (Lipinski definition) is 2. The van der Waals surface area contributed by atoms with E-state index in [9.17, 15) is 4.79 Å². The van der Waals surface area contributed by atoms with Gasteiger partial charge in [0, 0.05) is 18.1 Å². The van der Waals surface area contributed by atoms with E-state index < -0.39 is 0 Å². The SMILES string of the molecule is O=C(N1CCOCC1)C1(c2ccccc2Cl)CC1. The summed E-state index contributed by atoms with van der Waals surface area (Å²) in [5, 5.41) is 0.705. The third-order valence-corrected chi connectivity index (χ3v) is 4.18. The van der Waals surface area contributed by atoms with Crippen LogP contribution in [0.3, 0.4) is 0 Å². The summed E-state index contributed by atoms with van der Waals surface area (Å²) >= 11 is 6.24. The maximum absolute atomic E-state index is 12.6. The lowest BCUT2D eigenvalue weighted by Gasteiger charge is -2.31. The predicted molar refractivity (Wildman–Crippen MR) is 69.8 cm³/mol. The molecule has 1 aromatic rings. The van der Waals surface area contributed by atoms with Crippen LogP contribution in [0.1, 0.15) is 18.4 Å². The minimum Gasteiger partial charge on any atom is -0.378 e. The number of rotatable bonds is 2. The van der Waals surface area contributed by atoms with Crippen LogP contribution in [0.25, 0.3) is 0 Å². The Bertz CT molecular complexity index is 465.